The fraction of sp³-hybridized carbons (Fsp3) is 0.111. The standard InChI is InChI=1S/C9H2BrClF3N5S/c10-3-1-4(11)6-5(2-3)19(18-15-6)8-17-16-7(20-8)9(12,13)14/h1-2H. The molecule has 0 aliphatic rings. The summed E-state index contributed by atoms with van der Waals surface area (Å²) in [5, 5.41) is 13.4. The highest BCUT2D eigenvalue weighted by atomic mass is 79.9. The lowest BCUT2D eigenvalue weighted by Crippen LogP contribution is -2.03. The fourth-order valence-electron chi connectivity index (χ4n) is 1.51. The third-order valence-electron chi connectivity index (χ3n) is 2.31. The SMILES string of the molecule is FC(F)(F)c1nnc(-n2nnc3c(Cl)cc(Br)cc32)s1. The lowest BCUT2D eigenvalue weighted by atomic mass is 10.3. The molecule has 0 aliphatic heterocycles. The van der Waals surface area contributed by atoms with Gasteiger partial charge in [-0.2, -0.15) is 17.9 Å². The maximum atomic E-state index is 12.5. The van der Waals surface area contributed by atoms with Crippen LogP contribution in [0.2, 0.25) is 5.02 Å². The van der Waals surface area contributed by atoms with Crippen LogP contribution in [-0.4, -0.2) is 25.2 Å². The minimum absolute atomic E-state index is 0.0333. The van der Waals surface area contributed by atoms with Crippen LogP contribution in [0, 0.1) is 0 Å². The molecule has 0 amide bonds. The number of alkyl halides is 3. The van der Waals surface area contributed by atoms with E-state index in [4.69, 9.17) is 11.6 Å². The van der Waals surface area contributed by atoms with E-state index in [0.717, 1.165) is 0 Å². The molecule has 20 heavy (non-hydrogen) atoms. The molecule has 2 aromatic heterocycles. The van der Waals surface area contributed by atoms with Crippen LogP contribution in [0.1, 0.15) is 5.01 Å². The van der Waals surface area contributed by atoms with Crippen LogP contribution < -0.4 is 0 Å². The summed E-state index contributed by atoms with van der Waals surface area (Å²) in [5.74, 6) is 0. The number of fused-ring (bicyclic) bond motifs is 1. The number of aromatic nitrogens is 5. The highest BCUT2D eigenvalue weighted by Crippen LogP contribution is 2.34. The topological polar surface area (TPSA) is 56.5 Å². The molecule has 0 aliphatic carbocycles. The van der Waals surface area contributed by atoms with Crippen LogP contribution in [0.4, 0.5) is 13.2 Å². The average molecular weight is 385 g/mol. The van der Waals surface area contributed by atoms with E-state index < -0.39 is 11.2 Å². The molecule has 104 valence electrons. The molecule has 0 atom stereocenters. The molecular formula is C9H2BrClF3N5S. The Labute approximate surface area is 126 Å². The number of halogens is 5. The third-order valence-corrected chi connectivity index (χ3v) is 4.00. The number of hydrogen-bond acceptors (Lipinski definition) is 5. The quantitative estimate of drug-likeness (QED) is 0.642. The number of benzene rings is 1. The summed E-state index contributed by atoms with van der Waals surface area (Å²) in [6.07, 6.45) is -4.54. The van der Waals surface area contributed by atoms with Crippen molar-refractivity contribution in [2.45, 2.75) is 6.18 Å². The van der Waals surface area contributed by atoms with Gasteiger partial charge in [0.25, 0.3) is 0 Å². The Morgan fingerprint density at radius 3 is 2.60 bits per heavy atom. The summed E-state index contributed by atoms with van der Waals surface area (Å²) in [5.41, 5.74) is 0.813. The number of hydrogen-bond donors (Lipinski definition) is 0. The Hall–Kier alpha value is -1.26. The average Bonchev–Trinajstić information content (AvgIpc) is 2.92. The minimum Gasteiger partial charge on any atom is -0.183 e. The molecule has 0 fully saturated rings. The lowest BCUT2D eigenvalue weighted by molar-refractivity contribution is -0.138. The first-order valence-corrected chi connectivity index (χ1v) is 6.96. The van der Waals surface area contributed by atoms with E-state index in [0.29, 0.717) is 31.9 Å². The van der Waals surface area contributed by atoms with Gasteiger partial charge < -0.3 is 0 Å². The van der Waals surface area contributed by atoms with Gasteiger partial charge in [0, 0.05) is 4.47 Å². The first-order chi connectivity index (χ1) is 9.36. The van der Waals surface area contributed by atoms with Gasteiger partial charge in [0.15, 0.2) is 0 Å². The molecule has 0 saturated carbocycles. The summed E-state index contributed by atoms with van der Waals surface area (Å²) < 4.78 is 39.4. The normalized spacial score (nSPS) is 12.2. The largest absolute Gasteiger partial charge is 0.445 e. The van der Waals surface area contributed by atoms with Crippen molar-refractivity contribution in [2.75, 3.05) is 0 Å². The van der Waals surface area contributed by atoms with Crippen LogP contribution in [-0.2, 0) is 6.18 Å². The van der Waals surface area contributed by atoms with Crippen molar-refractivity contribution in [3.8, 4) is 5.13 Å². The Kier molecular flexibility index (Phi) is 3.18. The molecule has 3 aromatic rings. The van der Waals surface area contributed by atoms with Crippen molar-refractivity contribution >= 4 is 49.9 Å². The second-order valence-corrected chi connectivity index (χ2v) is 5.92. The van der Waals surface area contributed by atoms with E-state index in [1.165, 1.54) is 4.68 Å². The Bertz CT molecular complexity index is 799. The van der Waals surface area contributed by atoms with Crippen molar-refractivity contribution in [1.29, 1.82) is 0 Å². The van der Waals surface area contributed by atoms with Gasteiger partial charge >= 0.3 is 6.18 Å². The van der Waals surface area contributed by atoms with Gasteiger partial charge in [-0.3, -0.25) is 0 Å². The zero-order valence-electron chi connectivity index (χ0n) is 9.19. The first-order valence-electron chi connectivity index (χ1n) is 4.98. The third kappa shape index (κ3) is 2.27. The summed E-state index contributed by atoms with van der Waals surface area (Å²) in [6, 6.07) is 3.25. The van der Waals surface area contributed by atoms with E-state index in [-0.39, 0.29) is 5.13 Å². The van der Waals surface area contributed by atoms with Crippen LogP contribution in [0.3, 0.4) is 0 Å². The highest BCUT2D eigenvalue weighted by molar-refractivity contribution is 9.10. The molecule has 0 saturated heterocycles. The molecule has 0 unspecified atom stereocenters. The molecule has 0 spiro atoms. The van der Waals surface area contributed by atoms with Gasteiger partial charge in [-0.05, 0) is 12.1 Å². The summed E-state index contributed by atoms with van der Waals surface area (Å²) in [4.78, 5) is 0. The molecule has 0 N–H and O–H groups in total. The maximum absolute atomic E-state index is 12.5. The smallest absolute Gasteiger partial charge is 0.183 e. The monoisotopic (exact) mass is 383 g/mol. The maximum Gasteiger partial charge on any atom is 0.445 e. The fourth-order valence-corrected chi connectivity index (χ4v) is 3.01. The molecule has 0 bridgehead atoms. The molecule has 5 nitrogen and oxygen atoms in total. The molecule has 1 aromatic carbocycles. The molecular weight excluding hydrogens is 383 g/mol. The van der Waals surface area contributed by atoms with E-state index in [9.17, 15) is 13.2 Å². The van der Waals surface area contributed by atoms with E-state index in [1.807, 2.05) is 0 Å². The van der Waals surface area contributed by atoms with Crippen molar-refractivity contribution in [3.63, 3.8) is 0 Å². The zero-order valence-corrected chi connectivity index (χ0v) is 12.3. The lowest BCUT2D eigenvalue weighted by Gasteiger charge is -1.98. The second kappa shape index (κ2) is 4.64. The Morgan fingerprint density at radius 2 is 1.95 bits per heavy atom. The molecule has 0 radical (unpaired) electrons. The van der Waals surface area contributed by atoms with Crippen LogP contribution in [0.5, 0.6) is 0 Å². The Morgan fingerprint density at radius 1 is 1.20 bits per heavy atom. The summed E-state index contributed by atoms with van der Waals surface area (Å²) >= 11 is 9.61. The van der Waals surface area contributed by atoms with Gasteiger partial charge in [-0.1, -0.05) is 44.1 Å². The van der Waals surface area contributed by atoms with E-state index in [2.05, 4.69) is 36.4 Å². The van der Waals surface area contributed by atoms with Gasteiger partial charge in [0.1, 0.15) is 5.52 Å². The zero-order chi connectivity index (χ0) is 14.5. The molecule has 11 heteroatoms. The highest BCUT2D eigenvalue weighted by Gasteiger charge is 2.36. The number of nitrogens with zero attached hydrogens (tertiary/aromatic N) is 5. The van der Waals surface area contributed by atoms with Gasteiger partial charge in [0.05, 0.1) is 10.5 Å². The predicted octanol–water partition coefficient (Wildman–Crippen LogP) is 3.71. The Balaban J connectivity index is 2.18. The molecule has 3 rings (SSSR count). The van der Waals surface area contributed by atoms with Gasteiger partial charge in [-0.25, -0.2) is 0 Å². The van der Waals surface area contributed by atoms with Crippen molar-refractivity contribution in [1.82, 2.24) is 25.2 Å². The van der Waals surface area contributed by atoms with Gasteiger partial charge in [0.2, 0.25) is 10.1 Å². The number of rotatable bonds is 1. The second-order valence-electron chi connectivity index (χ2n) is 3.64. The summed E-state index contributed by atoms with van der Waals surface area (Å²) in [6.45, 7) is 0. The van der Waals surface area contributed by atoms with E-state index in [1.54, 1.807) is 12.1 Å². The predicted molar refractivity (Wildman–Crippen MR) is 70.0 cm³/mol. The first kappa shape index (κ1) is 13.7. The van der Waals surface area contributed by atoms with Crippen molar-refractivity contribution < 1.29 is 13.2 Å². The minimum atomic E-state index is -4.54. The van der Waals surface area contributed by atoms with Crippen LogP contribution >= 0.6 is 38.9 Å². The van der Waals surface area contributed by atoms with Crippen molar-refractivity contribution in [2.24, 2.45) is 0 Å². The van der Waals surface area contributed by atoms with Crippen molar-refractivity contribution in [3.05, 3.63) is 26.6 Å². The summed E-state index contributed by atoms with van der Waals surface area (Å²) in [7, 11) is 0. The van der Waals surface area contributed by atoms with E-state index >= 15 is 0 Å². The van der Waals surface area contributed by atoms with Crippen LogP contribution in [0.25, 0.3) is 16.2 Å². The van der Waals surface area contributed by atoms with Gasteiger partial charge in [-0.15, -0.1) is 15.3 Å². The van der Waals surface area contributed by atoms with Crippen LogP contribution in [0.15, 0.2) is 16.6 Å². The molecule has 2 heterocycles.